The van der Waals surface area contributed by atoms with E-state index in [9.17, 15) is 13.2 Å². The van der Waals surface area contributed by atoms with Gasteiger partial charge in [0.15, 0.2) is 5.96 Å². The number of aliphatic imine (C=N–C) groups is 1. The topological polar surface area (TPSA) is 101 Å². The Kier molecular flexibility index (Phi) is 13.2. The quantitative estimate of drug-likeness (QED) is 0.202. The Hall–Kier alpha value is -0.660. The van der Waals surface area contributed by atoms with Gasteiger partial charge in [-0.05, 0) is 20.8 Å². The lowest BCUT2D eigenvalue weighted by Crippen LogP contribution is -2.54. The third kappa shape index (κ3) is 9.23. The van der Waals surface area contributed by atoms with Gasteiger partial charge in [0, 0.05) is 32.7 Å². The van der Waals surface area contributed by atoms with E-state index in [1.807, 2.05) is 25.7 Å². The van der Waals surface area contributed by atoms with Gasteiger partial charge in [0.1, 0.15) is 0 Å². The van der Waals surface area contributed by atoms with Gasteiger partial charge in [-0.15, -0.1) is 24.0 Å². The largest absolute Gasteiger partial charge is 0.469 e. The van der Waals surface area contributed by atoms with Crippen molar-refractivity contribution in [2.45, 2.75) is 33.8 Å². The molecule has 0 aromatic carbocycles. The zero-order valence-corrected chi connectivity index (χ0v) is 20.7. The number of rotatable bonds is 9. The molecule has 1 unspecified atom stereocenters. The number of guanidine groups is 1. The summed E-state index contributed by atoms with van der Waals surface area (Å²) in [6.07, 6.45) is 0.0170. The van der Waals surface area contributed by atoms with Gasteiger partial charge in [0.25, 0.3) is 0 Å². The van der Waals surface area contributed by atoms with Crippen LogP contribution >= 0.6 is 24.0 Å². The summed E-state index contributed by atoms with van der Waals surface area (Å²) in [4.78, 5) is 18.1. The number of piperazine rings is 1. The summed E-state index contributed by atoms with van der Waals surface area (Å²) in [5.41, 5.74) is 0. The number of carbonyl (C=O) groups excluding carboxylic acids is 1. The Morgan fingerprint density at radius 3 is 2.29 bits per heavy atom. The monoisotopic (exact) mass is 534 g/mol. The average molecular weight is 534 g/mol. The summed E-state index contributed by atoms with van der Waals surface area (Å²) in [5, 5.41) is 3.20. The van der Waals surface area contributed by atoms with Crippen LogP contribution in [0.3, 0.4) is 0 Å². The maximum Gasteiger partial charge on any atom is 0.310 e. The standard InChI is InChI=1S/C17H34N4O5S.HI/c1-6-18-17(19-13-15(4)16(22)25-5)20-7-9-21(10-8-20)27(23,24)12-11-26-14(2)3;/h14-15H,6-13H2,1-5H3,(H,18,19);1H. The predicted molar refractivity (Wildman–Crippen MR) is 121 cm³/mol. The highest BCUT2D eigenvalue weighted by molar-refractivity contribution is 14.0. The molecule has 28 heavy (non-hydrogen) atoms. The van der Waals surface area contributed by atoms with E-state index >= 15 is 0 Å². The Morgan fingerprint density at radius 1 is 1.18 bits per heavy atom. The highest BCUT2D eigenvalue weighted by Crippen LogP contribution is 2.09. The second-order valence-electron chi connectivity index (χ2n) is 6.74. The van der Waals surface area contributed by atoms with Crippen LogP contribution in [-0.4, -0.2) is 94.4 Å². The number of nitrogens with zero attached hydrogens (tertiary/aromatic N) is 3. The lowest BCUT2D eigenvalue weighted by Gasteiger charge is -2.36. The van der Waals surface area contributed by atoms with Gasteiger partial charge in [-0.1, -0.05) is 6.92 Å². The summed E-state index contributed by atoms with van der Waals surface area (Å²) >= 11 is 0. The molecule has 0 saturated carbocycles. The van der Waals surface area contributed by atoms with E-state index in [4.69, 9.17) is 9.47 Å². The first-order valence-electron chi connectivity index (χ1n) is 9.41. The number of carbonyl (C=O) groups is 1. The number of sulfonamides is 1. The van der Waals surface area contributed by atoms with Gasteiger partial charge in [-0.2, -0.15) is 4.31 Å². The maximum atomic E-state index is 12.4. The number of methoxy groups -OCH3 is 1. The fraction of sp³-hybridized carbons (Fsp3) is 0.882. The SMILES string of the molecule is CCNC(=NCC(C)C(=O)OC)N1CCN(S(=O)(=O)CCOC(C)C)CC1.I. The van der Waals surface area contributed by atoms with Crippen LogP contribution in [0.15, 0.2) is 4.99 Å². The molecule has 1 N–H and O–H groups in total. The van der Waals surface area contributed by atoms with E-state index in [0.717, 1.165) is 0 Å². The first-order valence-corrected chi connectivity index (χ1v) is 11.0. The molecule has 0 aromatic heterocycles. The van der Waals surface area contributed by atoms with E-state index in [1.54, 1.807) is 6.92 Å². The summed E-state index contributed by atoms with van der Waals surface area (Å²) in [7, 11) is -1.96. The van der Waals surface area contributed by atoms with Crippen molar-refractivity contribution in [3.05, 3.63) is 0 Å². The summed E-state index contributed by atoms with van der Waals surface area (Å²) < 4.78 is 36.4. The van der Waals surface area contributed by atoms with Crippen molar-refractivity contribution >= 4 is 45.9 Å². The minimum absolute atomic E-state index is 0. The van der Waals surface area contributed by atoms with Crippen molar-refractivity contribution in [1.29, 1.82) is 0 Å². The van der Waals surface area contributed by atoms with Crippen LogP contribution in [0.5, 0.6) is 0 Å². The molecule has 1 aliphatic heterocycles. The minimum atomic E-state index is -3.32. The Bertz CT molecular complexity index is 592. The van der Waals surface area contributed by atoms with Gasteiger partial charge >= 0.3 is 5.97 Å². The van der Waals surface area contributed by atoms with E-state index in [-0.39, 0.29) is 54.3 Å². The van der Waals surface area contributed by atoms with Crippen LogP contribution in [0, 0.1) is 5.92 Å². The average Bonchev–Trinajstić information content (AvgIpc) is 2.63. The molecule has 166 valence electrons. The molecule has 9 nitrogen and oxygen atoms in total. The Balaban J connectivity index is 0.00000729. The van der Waals surface area contributed by atoms with Gasteiger partial charge in [-0.25, -0.2) is 8.42 Å². The molecule has 0 aromatic rings. The molecular weight excluding hydrogens is 499 g/mol. The minimum Gasteiger partial charge on any atom is -0.469 e. The first kappa shape index (κ1) is 27.3. The molecule has 0 radical (unpaired) electrons. The van der Waals surface area contributed by atoms with E-state index in [2.05, 4.69) is 10.3 Å². The van der Waals surface area contributed by atoms with Crippen molar-refractivity contribution in [1.82, 2.24) is 14.5 Å². The predicted octanol–water partition coefficient (Wildman–Crippen LogP) is 0.751. The van der Waals surface area contributed by atoms with Gasteiger partial charge in [-0.3, -0.25) is 9.79 Å². The summed E-state index contributed by atoms with van der Waals surface area (Å²) in [5.74, 6) is 0.0598. The highest BCUT2D eigenvalue weighted by atomic mass is 127. The van der Waals surface area contributed by atoms with Crippen molar-refractivity contribution in [3.63, 3.8) is 0 Å². The lowest BCUT2D eigenvalue weighted by atomic mass is 10.2. The molecule has 1 fully saturated rings. The second kappa shape index (κ2) is 13.5. The van der Waals surface area contributed by atoms with Gasteiger partial charge in [0.2, 0.25) is 10.0 Å². The van der Waals surface area contributed by atoms with E-state index in [1.165, 1.54) is 11.4 Å². The van der Waals surface area contributed by atoms with Crippen molar-refractivity contribution in [2.75, 3.05) is 58.7 Å². The molecule has 0 spiro atoms. The molecule has 11 heteroatoms. The van der Waals surface area contributed by atoms with Crippen LogP contribution in [0.4, 0.5) is 0 Å². The smallest absolute Gasteiger partial charge is 0.310 e. The van der Waals surface area contributed by atoms with Crippen LogP contribution < -0.4 is 5.32 Å². The summed E-state index contributed by atoms with van der Waals surface area (Å²) in [6, 6.07) is 0. The van der Waals surface area contributed by atoms with Crippen molar-refractivity contribution in [2.24, 2.45) is 10.9 Å². The zero-order chi connectivity index (χ0) is 20.4. The Labute approximate surface area is 186 Å². The fourth-order valence-electron chi connectivity index (χ4n) is 2.62. The third-order valence-corrected chi connectivity index (χ3v) is 6.01. The second-order valence-corrected chi connectivity index (χ2v) is 8.83. The number of ether oxygens (including phenoxy) is 2. The third-order valence-electron chi connectivity index (χ3n) is 4.18. The fourth-order valence-corrected chi connectivity index (χ4v) is 3.91. The van der Waals surface area contributed by atoms with Gasteiger partial charge < -0.3 is 19.7 Å². The molecule has 1 saturated heterocycles. The summed E-state index contributed by atoms with van der Waals surface area (Å²) in [6.45, 7) is 10.6. The molecular formula is C17H35IN4O5S. The van der Waals surface area contributed by atoms with E-state index in [0.29, 0.717) is 45.2 Å². The molecule has 1 atom stereocenters. The van der Waals surface area contributed by atoms with Crippen LogP contribution in [0.2, 0.25) is 0 Å². The molecule has 1 aliphatic rings. The molecule has 1 rings (SSSR count). The number of nitrogens with one attached hydrogen (secondary N) is 1. The lowest BCUT2D eigenvalue weighted by molar-refractivity contribution is -0.144. The number of hydrogen-bond acceptors (Lipinski definition) is 6. The van der Waals surface area contributed by atoms with Crippen LogP contribution in [-0.2, 0) is 24.3 Å². The maximum absolute atomic E-state index is 12.4. The molecule has 0 aliphatic carbocycles. The van der Waals surface area contributed by atoms with Crippen LogP contribution in [0.25, 0.3) is 0 Å². The first-order chi connectivity index (χ1) is 12.7. The van der Waals surface area contributed by atoms with Crippen LogP contribution in [0.1, 0.15) is 27.7 Å². The van der Waals surface area contributed by atoms with E-state index < -0.39 is 10.0 Å². The number of hydrogen-bond donors (Lipinski definition) is 1. The van der Waals surface area contributed by atoms with Gasteiger partial charge in [0.05, 0.1) is 38.0 Å². The number of halogens is 1. The number of esters is 1. The Morgan fingerprint density at radius 2 is 1.79 bits per heavy atom. The normalized spacial score (nSPS) is 17.2. The molecule has 0 amide bonds. The zero-order valence-electron chi connectivity index (χ0n) is 17.5. The molecule has 1 heterocycles. The highest BCUT2D eigenvalue weighted by Gasteiger charge is 2.28. The van der Waals surface area contributed by atoms with Crippen molar-refractivity contribution in [3.8, 4) is 0 Å². The van der Waals surface area contributed by atoms with Crippen molar-refractivity contribution < 1.29 is 22.7 Å². The molecule has 0 bridgehead atoms.